The molecule has 0 aliphatic heterocycles. The molecule has 0 radical (unpaired) electrons. The molecule has 2 rings (SSSR count). The van der Waals surface area contributed by atoms with Crippen molar-refractivity contribution >= 4 is 27.7 Å². The van der Waals surface area contributed by atoms with E-state index in [4.69, 9.17) is 4.74 Å². The van der Waals surface area contributed by atoms with Crippen LogP contribution in [0.25, 0.3) is 0 Å². The maximum absolute atomic E-state index is 13.2. The van der Waals surface area contributed by atoms with Gasteiger partial charge in [0, 0.05) is 17.6 Å². The number of amides is 2. The number of carbonyl (C=O) groups is 2. The first-order valence-electron chi connectivity index (χ1n) is 10.9. The van der Waals surface area contributed by atoms with Gasteiger partial charge in [0.2, 0.25) is 5.91 Å². The molecule has 31 heavy (non-hydrogen) atoms. The number of benzene rings is 2. The lowest BCUT2D eigenvalue weighted by Gasteiger charge is -2.29. The molecule has 0 saturated heterocycles. The molecule has 0 aliphatic rings. The molecule has 2 aromatic rings. The predicted octanol–water partition coefficient (Wildman–Crippen LogP) is 5.28. The van der Waals surface area contributed by atoms with E-state index in [2.05, 4.69) is 42.0 Å². The summed E-state index contributed by atoms with van der Waals surface area (Å²) in [5.41, 5.74) is 2.00. The molecular formula is C25H33BrN2O3. The molecule has 1 N–H and O–H groups in total. The molecule has 0 aliphatic carbocycles. The van der Waals surface area contributed by atoms with Gasteiger partial charge in [-0.1, -0.05) is 73.5 Å². The summed E-state index contributed by atoms with van der Waals surface area (Å²) in [6.45, 7) is 8.83. The summed E-state index contributed by atoms with van der Waals surface area (Å²) < 4.78 is 6.83. The monoisotopic (exact) mass is 488 g/mol. The Morgan fingerprint density at radius 1 is 1.10 bits per heavy atom. The van der Waals surface area contributed by atoms with Gasteiger partial charge < -0.3 is 15.0 Å². The highest BCUT2D eigenvalue weighted by atomic mass is 79.9. The number of nitrogens with zero attached hydrogens (tertiary/aromatic N) is 1. The average Bonchev–Trinajstić information content (AvgIpc) is 2.75. The van der Waals surface area contributed by atoms with E-state index in [1.165, 1.54) is 0 Å². The third kappa shape index (κ3) is 7.69. The molecule has 168 valence electrons. The van der Waals surface area contributed by atoms with E-state index in [1.807, 2.05) is 48.5 Å². The molecule has 5 nitrogen and oxygen atoms in total. The van der Waals surface area contributed by atoms with Crippen LogP contribution in [0.2, 0.25) is 0 Å². The van der Waals surface area contributed by atoms with Crippen LogP contribution in [0.5, 0.6) is 5.75 Å². The van der Waals surface area contributed by atoms with Gasteiger partial charge in [-0.25, -0.2) is 0 Å². The summed E-state index contributed by atoms with van der Waals surface area (Å²) in [5, 5.41) is 2.93. The van der Waals surface area contributed by atoms with Crippen LogP contribution in [0.1, 0.15) is 57.6 Å². The highest BCUT2D eigenvalue weighted by Gasteiger charge is 2.26. The highest BCUT2D eigenvalue weighted by Crippen LogP contribution is 2.26. The molecule has 1 atom stereocenters. The fraction of sp³-hybridized carbons (Fsp3) is 0.440. The first-order valence-corrected chi connectivity index (χ1v) is 11.7. The Balaban J connectivity index is 2.16. The molecule has 0 heterocycles. The fourth-order valence-corrected chi connectivity index (χ4v) is 3.71. The molecule has 0 fully saturated rings. The van der Waals surface area contributed by atoms with Crippen LogP contribution in [0.4, 0.5) is 0 Å². The molecule has 2 amide bonds. The molecule has 6 heteroatoms. The summed E-state index contributed by atoms with van der Waals surface area (Å²) in [7, 11) is 0. The number of ether oxygens (including phenoxy) is 1. The van der Waals surface area contributed by atoms with Gasteiger partial charge in [0.15, 0.2) is 6.61 Å². The molecule has 0 aromatic heterocycles. The molecular weight excluding hydrogens is 456 g/mol. The number of para-hydroxylation sites is 1. The summed E-state index contributed by atoms with van der Waals surface area (Å²) >= 11 is 3.47. The second-order valence-corrected chi connectivity index (χ2v) is 8.87. The van der Waals surface area contributed by atoms with Crippen LogP contribution in [0.3, 0.4) is 0 Å². The Morgan fingerprint density at radius 3 is 2.52 bits per heavy atom. The number of carbonyl (C=O) groups excluding carboxylic acids is 2. The maximum atomic E-state index is 13.2. The van der Waals surface area contributed by atoms with E-state index in [-0.39, 0.29) is 24.3 Å². The lowest BCUT2D eigenvalue weighted by molar-refractivity contribution is -0.142. The lowest BCUT2D eigenvalue weighted by Crippen LogP contribution is -2.49. The zero-order valence-electron chi connectivity index (χ0n) is 18.9. The Kier molecular flexibility index (Phi) is 10.0. The van der Waals surface area contributed by atoms with Crippen molar-refractivity contribution in [1.29, 1.82) is 0 Å². The molecule has 0 saturated carbocycles. The van der Waals surface area contributed by atoms with E-state index in [9.17, 15) is 9.59 Å². The zero-order chi connectivity index (χ0) is 22.8. The van der Waals surface area contributed by atoms with E-state index in [0.29, 0.717) is 18.8 Å². The molecule has 0 spiro atoms. The van der Waals surface area contributed by atoms with E-state index in [0.717, 1.165) is 28.4 Å². The fourth-order valence-electron chi connectivity index (χ4n) is 3.26. The quantitative estimate of drug-likeness (QED) is 0.437. The Hall–Kier alpha value is -2.34. The smallest absolute Gasteiger partial charge is 0.261 e. The third-order valence-electron chi connectivity index (χ3n) is 5.13. The number of nitrogens with one attached hydrogen (secondary N) is 1. The van der Waals surface area contributed by atoms with E-state index in [1.54, 1.807) is 11.8 Å². The van der Waals surface area contributed by atoms with Crippen molar-refractivity contribution in [3.8, 4) is 5.75 Å². The van der Waals surface area contributed by atoms with Crippen LogP contribution in [-0.2, 0) is 16.1 Å². The Bertz CT molecular complexity index is 869. The second-order valence-electron chi connectivity index (χ2n) is 7.95. The second kappa shape index (κ2) is 12.5. The van der Waals surface area contributed by atoms with Crippen LogP contribution in [0, 0.1) is 0 Å². The van der Waals surface area contributed by atoms with Gasteiger partial charge >= 0.3 is 0 Å². The topological polar surface area (TPSA) is 58.6 Å². The minimum absolute atomic E-state index is 0.121. The van der Waals surface area contributed by atoms with Crippen molar-refractivity contribution in [3.63, 3.8) is 0 Å². The third-order valence-corrected chi connectivity index (χ3v) is 5.62. The molecule has 0 bridgehead atoms. The van der Waals surface area contributed by atoms with Crippen molar-refractivity contribution in [2.75, 3.05) is 13.2 Å². The van der Waals surface area contributed by atoms with Crippen molar-refractivity contribution in [1.82, 2.24) is 10.2 Å². The lowest BCUT2D eigenvalue weighted by atomic mass is 10.0. The van der Waals surface area contributed by atoms with Crippen molar-refractivity contribution < 1.29 is 14.3 Å². The predicted molar refractivity (Wildman–Crippen MR) is 128 cm³/mol. The minimum Gasteiger partial charge on any atom is -0.483 e. The SMILES string of the molecule is CCCCNC(=O)C(C)N(Cc1cccc(Br)c1)C(=O)COc1ccccc1C(C)C. The van der Waals surface area contributed by atoms with Crippen molar-refractivity contribution in [2.24, 2.45) is 0 Å². The summed E-state index contributed by atoms with van der Waals surface area (Å²) in [4.78, 5) is 27.4. The van der Waals surface area contributed by atoms with Crippen LogP contribution >= 0.6 is 15.9 Å². The number of hydrogen-bond acceptors (Lipinski definition) is 3. The summed E-state index contributed by atoms with van der Waals surface area (Å²) in [6, 6.07) is 14.9. The first-order chi connectivity index (χ1) is 14.8. The van der Waals surface area contributed by atoms with Gasteiger partial charge in [-0.05, 0) is 48.6 Å². The Morgan fingerprint density at radius 2 is 1.84 bits per heavy atom. The number of halogens is 1. The van der Waals surface area contributed by atoms with Gasteiger partial charge in [-0.3, -0.25) is 9.59 Å². The van der Waals surface area contributed by atoms with E-state index >= 15 is 0 Å². The average molecular weight is 489 g/mol. The molecule has 2 aromatic carbocycles. The number of rotatable bonds is 11. The van der Waals surface area contributed by atoms with Gasteiger partial charge in [0.05, 0.1) is 0 Å². The van der Waals surface area contributed by atoms with Crippen LogP contribution in [0.15, 0.2) is 53.0 Å². The van der Waals surface area contributed by atoms with Crippen LogP contribution < -0.4 is 10.1 Å². The van der Waals surface area contributed by atoms with Crippen molar-refractivity contribution in [2.45, 2.75) is 59.0 Å². The van der Waals surface area contributed by atoms with Crippen molar-refractivity contribution in [3.05, 3.63) is 64.1 Å². The van der Waals surface area contributed by atoms with Gasteiger partial charge in [-0.2, -0.15) is 0 Å². The highest BCUT2D eigenvalue weighted by molar-refractivity contribution is 9.10. The number of unbranched alkanes of at least 4 members (excludes halogenated alkanes) is 1. The Labute approximate surface area is 194 Å². The standard InChI is InChI=1S/C25H33BrN2O3/c1-5-6-14-27-25(30)19(4)28(16-20-10-9-11-21(26)15-20)24(29)17-31-23-13-8-7-12-22(23)18(2)3/h7-13,15,18-19H,5-6,14,16-17H2,1-4H3,(H,27,30). The molecule has 1 unspecified atom stereocenters. The summed E-state index contributed by atoms with van der Waals surface area (Å²) in [5.74, 6) is 0.608. The largest absolute Gasteiger partial charge is 0.483 e. The number of hydrogen-bond donors (Lipinski definition) is 1. The zero-order valence-corrected chi connectivity index (χ0v) is 20.4. The normalized spacial score (nSPS) is 11.8. The first kappa shape index (κ1) is 24.9. The van der Waals surface area contributed by atoms with Crippen LogP contribution in [-0.4, -0.2) is 35.9 Å². The maximum Gasteiger partial charge on any atom is 0.261 e. The van der Waals surface area contributed by atoms with E-state index < -0.39 is 6.04 Å². The van der Waals surface area contributed by atoms with Gasteiger partial charge in [-0.15, -0.1) is 0 Å². The summed E-state index contributed by atoms with van der Waals surface area (Å²) in [6.07, 6.45) is 1.91. The van der Waals surface area contributed by atoms with Gasteiger partial charge in [0.25, 0.3) is 5.91 Å². The van der Waals surface area contributed by atoms with Gasteiger partial charge in [0.1, 0.15) is 11.8 Å². The minimum atomic E-state index is -0.604.